The minimum atomic E-state index is 0.0220. The number of para-hydroxylation sites is 3. The molecule has 0 saturated carbocycles. The predicted octanol–water partition coefficient (Wildman–Crippen LogP) is 4.56. The van der Waals surface area contributed by atoms with Gasteiger partial charge in [0.25, 0.3) is 10.6 Å². The molecule has 4 nitrogen and oxygen atoms in total. The van der Waals surface area contributed by atoms with Crippen molar-refractivity contribution in [2.75, 3.05) is 11.9 Å². The highest BCUT2D eigenvalue weighted by atomic mass is 32.2. The van der Waals surface area contributed by atoms with E-state index in [1.54, 1.807) is 34.4 Å². The van der Waals surface area contributed by atoms with Gasteiger partial charge < -0.3 is 4.90 Å². The number of nitrogens with zero attached hydrogens (tertiary/aromatic N) is 3. The van der Waals surface area contributed by atoms with Gasteiger partial charge >= 0.3 is 0 Å². The van der Waals surface area contributed by atoms with Gasteiger partial charge in [-0.3, -0.25) is 9.36 Å². The highest BCUT2D eigenvalue weighted by Gasteiger charge is 2.25. The second-order valence-electron chi connectivity index (χ2n) is 7.98. The van der Waals surface area contributed by atoms with Crippen LogP contribution in [0.5, 0.6) is 0 Å². The number of benzene rings is 3. The smallest absolute Gasteiger partial charge is 0.276 e. The molecule has 0 aliphatic carbocycles. The molecule has 1 aliphatic heterocycles. The fraction of sp³-hybridized carbons (Fsp3) is 0.111. The molecule has 3 heterocycles. The first-order chi connectivity index (χ1) is 16.7. The van der Waals surface area contributed by atoms with Gasteiger partial charge in [-0.2, -0.15) is 4.57 Å². The van der Waals surface area contributed by atoms with E-state index < -0.39 is 0 Å². The van der Waals surface area contributed by atoms with Gasteiger partial charge in [-0.05, 0) is 37.3 Å². The van der Waals surface area contributed by atoms with Crippen LogP contribution in [-0.2, 0) is 6.54 Å². The van der Waals surface area contributed by atoms with Crippen molar-refractivity contribution in [1.29, 1.82) is 0 Å². The van der Waals surface area contributed by atoms with Crippen LogP contribution in [0.1, 0.15) is 11.9 Å². The zero-order valence-electron chi connectivity index (χ0n) is 18.8. The normalized spacial score (nSPS) is 15.4. The third-order valence-electron chi connectivity index (χ3n) is 5.97. The Kier molecular flexibility index (Phi) is 5.40. The van der Waals surface area contributed by atoms with E-state index >= 15 is 0 Å². The van der Waals surface area contributed by atoms with Gasteiger partial charge in [-0.1, -0.05) is 65.6 Å². The number of aryl methyl sites for hydroxylation is 1. The average molecular weight is 501 g/mol. The van der Waals surface area contributed by atoms with Gasteiger partial charge in [-0.15, -0.1) is 11.3 Å². The first kappa shape index (κ1) is 21.4. The average Bonchev–Trinajstić information content (AvgIpc) is 3.50. The van der Waals surface area contributed by atoms with Crippen molar-refractivity contribution < 1.29 is 4.57 Å². The Morgan fingerprint density at radius 1 is 0.912 bits per heavy atom. The fourth-order valence-electron chi connectivity index (χ4n) is 4.34. The van der Waals surface area contributed by atoms with Crippen LogP contribution >= 0.6 is 34.4 Å². The number of thiazole rings is 2. The Morgan fingerprint density at radius 3 is 2.44 bits per heavy atom. The molecule has 0 atom stereocenters. The molecule has 7 heteroatoms. The molecule has 0 bridgehead atoms. The van der Waals surface area contributed by atoms with E-state index in [1.165, 1.54) is 15.1 Å². The summed E-state index contributed by atoms with van der Waals surface area (Å²) in [4.78, 5) is 17.2. The van der Waals surface area contributed by atoms with Gasteiger partial charge in [0.05, 0.1) is 17.5 Å². The third kappa shape index (κ3) is 3.43. The monoisotopic (exact) mass is 500 g/mol. The summed E-state index contributed by atoms with van der Waals surface area (Å²) in [6.07, 6.45) is 2.17. The quantitative estimate of drug-likeness (QED) is 0.340. The van der Waals surface area contributed by atoms with Gasteiger partial charge in [0, 0.05) is 18.0 Å². The van der Waals surface area contributed by atoms with E-state index in [0.29, 0.717) is 0 Å². The number of hydrogen-bond donors (Lipinski definition) is 0. The van der Waals surface area contributed by atoms with Gasteiger partial charge in [-0.25, -0.2) is 0 Å². The molecule has 5 aromatic rings. The number of hydrogen-bond acceptors (Lipinski definition) is 5. The van der Waals surface area contributed by atoms with Crippen molar-refractivity contribution >= 4 is 61.4 Å². The van der Waals surface area contributed by atoms with Crippen LogP contribution < -0.4 is 24.2 Å². The maximum Gasteiger partial charge on any atom is 0.276 e. The minimum absolute atomic E-state index is 0.0220. The summed E-state index contributed by atoms with van der Waals surface area (Å²) in [5.74, 6) is 0. The van der Waals surface area contributed by atoms with Crippen LogP contribution in [-0.4, -0.2) is 11.6 Å². The van der Waals surface area contributed by atoms with E-state index in [0.717, 1.165) is 37.2 Å². The van der Waals surface area contributed by atoms with Crippen LogP contribution in [0, 0.1) is 0 Å². The lowest BCUT2D eigenvalue weighted by atomic mass is 10.3. The molecule has 0 spiro atoms. The number of anilines is 1. The van der Waals surface area contributed by atoms with Crippen molar-refractivity contribution in [1.82, 2.24) is 4.57 Å². The van der Waals surface area contributed by atoms with Crippen LogP contribution in [0.3, 0.4) is 0 Å². The summed E-state index contributed by atoms with van der Waals surface area (Å²) in [7, 11) is 2.04. The molecule has 0 unspecified atom stereocenters. The predicted molar refractivity (Wildman–Crippen MR) is 145 cm³/mol. The molecular formula is C27H22N3OS3+. The van der Waals surface area contributed by atoms with E-state index in [2.05, 4.69) is 58.9 Å². The van der Waals surface area contributed by atoms with Crippen LogP contribution in [0.25, 0.3) is 27.0 Å². The molecule has 0 amide bonds. The molecule has 2 aromatic heterocycles. The Bertz CT molecular complexity index is 1710. The first-order valence-electron chi connectivity index (χ1n) is 11.1. The van der Waals surface area contributed by atoms with E-state index in [4.69, 9.17) is 0 Å². The number of aromatic nitrogens is 2. The molecule has 6 rings (SSSR count). The first-order valence-corrected chi connectivity index (χ1v) is 13.6. The van der Waals surface area contributed by atoms with E-state index in [-0.39, 0.29) is 5.56 Å². The summed E-state index contributed by atoms with van der Waals surface area (Å²) in [5.41, 5.74) is 3.27. The Hall–Kier alpha value is -3.13. The maximum absolute atomic E-state index is 13.9. The zero-order chi connectivity index (χ0) is 23.2. The standard InChI is InChI=1S/C27H22N3OS3/c1-3-29-20-14-8-10-16-22(20)32-23(29)17-24-30(18-11-5-4-6-12-18)26(31)25(34-24)27-28(2)19-13-7-9-15-21(19)33-27/h4-17H,3H2,1-2H3/q+1/b27-25-. The van der Waals surface area contributed by atoms with Crippen molar-refractivity contribution in [3.8, 4) is 5.69 Å². The van der Waals surface area contributed by atoms with Gasteiger partial charge in [0.15, 0.2) is 0 Å². The lowest BCUT2D eigenvalue weighted by molar-refractivity contribution is -0.665. The summed E-state index contributed by atoms with van der Waals surface area (Å²) in [6, 6.07) is 26.7. The number of rotatable bonds is 3. The Balaban J connectivity index is 1.65. The second-order valence-corrected chi connectivity index (χ2v) is 11.1. The maximum atomic E-state index is 13.9. The largest absolute Gasteiger partial charge is 0.337 e. The van der Waals surface area contributed by atoms with Crippen LogP contribution in [0.4, 0.5) is 5.69 Å². The molecule has 0 N–H and O–H groups in total. The lowest BCUT2D eigenvalue weighted by Gasteiger charge is -2.11. The summed E-state index contributed by atoms with van der Waals surface area (Å²) >= 11 is 5.00. The van der Waals surface area contributed by atoms with Gasteiger partial charge in [0.1, 0.15) is 25.5 Å². The van der Waals surface area contributed by atoms with Gasteiger partial charge in [0.2, 0.25) is 5.52 Å². The molecular weight excluding hydrogens is 479 g/mol. The molecule has 0 radical (unpaired) electrons. The van der Waals surface area contributed by atoms with Crippen LogP contribution in [0.15, 0.2) is 88.6 Å². The molecule has 168 valence electrons. The van der Waals surface area contributed by atoms with Crippen LogP contribution in [0.2, 0.25) is 0 Å². The summed E-state index contributed by atoms with van der Waals surface area (Å²) in [5, 5.41) is 2.13. The molecule has 34 heavy (non-hydrogen) atoms. The number of fused-ring (bicyclic) bond motifs is 2. The van der Waals surface area contributed by atoms with Crippen molar-refractivity contribution in [3.05, 3.63) is 103 Å². The molecule has 0 fully saturated rings. The highest BCUT2D eigenvalue weighted by molar-refractivity contribution is 8.08. The second kappa shape index (κ2) is 8.58. The van der Waals surface area contributed by atoms with E-state index in [1.807, 2.05) is 54.1 Å². The third-order valence-corrected chi connectivity index (χ3v) is 9.53. The molecule has 3 aromatic carbocycles. The molecule has 0 saturated heterocycles. The lowest BCUT2D eigenvalue weighted by Crippen LogP contribution is -2.35. The topological polar surface area (TPSA) is 29.1 Å². The van der Waals surface area contributed by atoms with Crippen molar-refractivity contribution in [2.24, 2.45) is 0 Å². The van der Waals surface area contributed by atoms with Crippen molar-refractivity contribution in [2.45, 2.75) is 18.4 Å². The molecule has 1 aliphatic rings. The Morgan fingerprint density at radius 2 is 1.65 bits per heavy atom. The SMILES string of the molecule is CC[n+]1c(C=c2s/c(=C3\Sc4ccccc4N3C)c(=O)n2-c2ccccc2)sc2ccccc21. The van der Waals surface area contributed by atoms with E-state index in [9.17, 15) is 4.79 Å². The summed E-state index contributed by atoms with van der Waals surface area (Å²) < 4.78 is 7.12. The number of thioether (sulfide) groups is 1. The summed E-state index contributed by atoms with van der Waals surface area (Å²) in [6.45, 7) is 3.03. The van der Waals surface area contributed by atoms with Crippen molar-refractivity contribution in [3.63, 3.8) is 0 Å². The minimum Gasteiger partial charge on any atom is -0.337 e. The zero-order valence-corrected chi connectivity index (χ0v) is 21.2. The Labute approximate surface area is 209 Å². The fourth-order valence-corrected chi connectivity index (χ4v) is 7.97. The highest BCUT2D eigenvalue weighted by Crippen LogP contribution is 2.44.